The highest BCUT2D eigenvalue weighted by molar-refractivity contribution is 9.10. The van der Waals surface area contributed by atoms with Gasteiger partial charge in [-0.25, -0.2) is 13.1 Å². The predicted octanol–water partition coefficient (Wildman–Crippen LogP) is 4.44. The molecule has 0 aliphatic heterocycles. The van der Waals surface area contributed by atoms with Crippen LogP contribution in [0.4, 0.5) is 5.13 Å². The number of hydrogen-bond acceptors (Lipinski definition) is 6. The molecular weight excluding hydrogens is 500 g/mol. The number of aromatic nitrogens is 2. The maximum atomic E-state index is 12.9. The van der Waals surface area contributed by atoms with Gasteiger partial charge in [-0.15, -0.1) is 10.2 Å². The fourth-order valence-electron chi connectivity index (χ4n) is 2.86. The Labute approximate surface area is 194 Å². The quantitative estimate of drug-likeness (QED) is 0.432. The molecule has 0 radical (unpaired) electrons. The first kappa shape index (κ1) is 23.5. The van der Waals surface area contributed by atoms with Crippen LogP contribution in [-0.2, 0) is 20.6 Å². The standard InChI is InChI=1S/C21H23BrN4O3S2/c1-3-14(2)18(26-31(28,29)13-15-7-5-4-6-8-15)19(27)23-21-25-24-20(30-21)16-9-11-17(22)12-10-16/h4-12,14,18,26H,3,13H2,1-2H3,(H,23,25,27). The number of halogens is 1. The van der Waals surface area contributed by atoms with Crippen molar-refractivity contribution in [2.45, 2.75) is 32.1 Å². The number of carbonyl (C=O) groups excluding carboxylic acids is 1. The second-order valence-electron chi connectivity index (χ2n) is 7.13. The van der Waals surface area contributed by atoms with Crippen LogP contribution in [0, 0.1) is 5.92 Å². The van der Waals surface area contributed by atoms with E-state index in [0.717, 1.165) is 10.0 Å². The Kier molecular flexibility index (Phi) is 7.93. The topological polar surface area (TPSA) is 101 Å². The van der Waals surface area contributed by atoms with Crippen LogP contribution >= 0.6 is 27.3 Å². The zero-order valence-corrected chi connectivity index (χ0v) is 20.3. The molecule has 0 fully saturated rings. The number of sulfonamides is 1. The van der Waals surface area contributed by atoms with Crippen LogP contribution in [0.1, 0.15) is 25.8 Å². The smallest absolute Gasteiger partial charge is 0.244 e. The van der Waals surface area contributed by atoms with Crippen molar-refractivity contribution >= 4 is 48.3 Å². The number of rotatable bonds is 9. The van der Waals surface area contributed by atoms with Gasteiger partial charge in [0.05, 0.1) is 5.75 Å². The number of benzene rings is 2. The summed E-state index contributed by atoms with van der Waals surface area (Å²) in [6.07, 6.45) is 0.631. The fourth-order valence-corrected chi connectivity index (χ4v) is 5.32. The molecule has 0 aliphatic rings. The van der Waals surface area contributed by atoms with Gasteiger partial charge < -0.3 is 0 Å². The van der Waals surface area contributed by atoms with Gasteiger partial charge in [0.1, 0.15) is 11.0 Å². The van der Waals surface area contributed by atoms with E-state index in [2.05, 4.69) is 36.2 Å². The Hall–Kier alpha value is -2.14. The lowest BCUT2D eigenvalue weighted by molar-refractivity contribution is -0.118. The zero-order chi connectivity index (χ0) is 22.4. The van der Waals surface area contributed by atoms with Gasteiger partial charge in [-0.05, 0) is 23.6 Å². The van der Waals surface area contributed by atoms with Gasteiger partial charge in [0.2, 0.25) is 21.1 Å². The van der Waals surface area contributed by atoms with Crippen LogP contribution in [-0.4, -0.2) is 30.6 Å². The van der Waals surface area contributed by atoms with E-state index >= 15 is 0 Å². The Bertz CT molecular complexity index is 1120. The Balaban J connectivity index is 1.72. The predicted molar refractivity (Wildman–Crippen MR) is 127 cm³/mol. The second-order valence-corrected chi connectivity index (χ2v) is 10.8. The molecule has 164 valence electrons. The summed E-state index contributed by atoms with van der Waals surface area (Å²) in [6.45, 7) is 3.75. The molecule has 2 N–H and O–H groups in total. The first-order valence-electron chi connectivity index (χ1n) is 9.71. The Morgan fingerprint density at radius 3 is 2.42 bits per heavy atom. The van der Waals surface area contributed by atoms with Crippen LogP contribution < -0.4 is 10.0 Å². The third-order valence-corrected chi connectivity index (χ3v) is 7.49. The van der Waals surface area contributed by atoms with E-state index < -0.39 is 22.0 Å². The van der Waals surface area contributed by atoms with Gasteiger partial charge in [-0.2, -0.15) is 0 Å². The SMILES string of the molecule is CCC(C)C(NS(=O)(=O)Cc1ccccc1)C(=O)Nc1nnc(-c2ccc(Br)cc2)s1. The fraction of sp³-hybridized carbons (Fsp3) is 0.286. The van der Waals surface area contributed by atoms with Crippen molar-refractivity contribution < 1.29 is 13.2 Å². The molecule has 10 heteroatoms. The van der Waals surface area contributed by atoms with Gasteiger partial charge in [-0.1, -0.05) is 90.0 Å². The van der Waals surface area contributed by atoms with Crippen molar-refractivity contribution in [3.05, 3.63) is 64.6 Å². The highest BCUT2D eigenvalue weighted by Crippen LogP contribution is 2.27. The zero-order valence-electron chi connectivity index (χ0n) is 17.1. The summed E-state index contributed by atoms with van der Waals surface area (Å²) in [5.41, 5.74) is 1.53. The number of nitrogens with zero attached hydrogens (tertiary/aromatic N) is 2. The number of hydrogen-bond donors (Lipinski definition) is 2. The molecule has 7 nitrogen and oxygen atoms in total. The number of carbonyl (C=O) groups is 1. The maximum Gasteiger partial charge on any atom is 0.244 e. The lowest BCUT2D eigenvalue weighted by Gasteiger charge is -2.22. The molecule has 0 aliphatic carbocycles. The minimum atomic E-state index is -3.72. The average molecular weight is 523 g/mol. The Morgan fingerprint density at radius 2 is 1.77 bits per heavy atom. The van der Waals surface area contributed by atoms with E-state index in [9.17, 15) is 13.2 Å². The van der Waals surface area contributed by atoms with Crippen LogP contribution in [0.25, 0.3) is 10.6 Å². The molecule has 0 bridgehead atoms. The highest BCUT2D eigenvalue weighted by atomic mass is 79.9. The summed E-state index contributed by atoms with van der Waals surface area (Å²) in [6, 6.07) is 15.5. The average Bonchev–Trinajstić information content (AvgIpc) is 3.20. The van der Waals surface area contributed by atoms with Crippen LogP contribution in [0.2, 0.25) is 0 Å². The van der Waals surface area contributed by atoms with Crippen molar-refractivity contribution in [3.63, 3.8) is 0 Å². The number of amides is 1. The molecule has 3 aromatic rings. The van der Waals surface area contributed by atoms with Crippen LogP contribution in [0.15, 0.2) is 59.1 Å². The first-order chi connectivity index (χ1) is 14.8. The summed E-state index contributed by atoms with van der Waals surface area (Å²) in [5.74, 6) is -0.852. The van der Waals surface area contributed by atoms with Crippen molar-refractivity contribution in [3.8, 4) is 10.6 Å². The largest absolute Gasteiger partial charge is 0.299 e. The molecule has 1 heterocycles. The van der Waals surface area contributed by atoms with Gasteiger partial charge in [0, 0.05) is 10.0 Å². The summed E-state index contributed by atoms with van der Waals surface area (Å²) in [4.78, 5) is 12.9. The van der Waals surface area contributed by atoms with Crippen molar-refractivity contribution in [1.29, 1.82) is 0 Å². The molecule has 3 rings (SSSR count). The molecule has 1 amide bonds. The van der Waals surface area contributed by atoms with E-state index in [1.807, 2.05) is 44.2 Å². The van der Waals surface area contributed by atoms with E-state index in [-0.39, 0.29) is 11.7 Å². The summed E-state index contributed by atoms with van der Waals surface area (Å²) in [7, 11) is -3.72. The lowest BCUT2D eigenvalue weighted by Crippen LogP contribution is -2.47. The van der Waals surface area contributed by atoms with Gasteiger partial charge in [-0.3, -0.25) is 10.1 Å². The van der Waals surface area contributed by atoms with Crippen LogP contribution in [0.5, 0.6) is 0 Å². The molecule has 2 aromatic carbocycles. The maximum absolute atomic E-state index is 12.9. The minimum Gasteiger partial charge on any atom is -0.299 e. The second kappa shape index (κ2) is 10.4. The van der Waals surface area contributed by atoms with Crippen molar-refractivity contribution in [1.82, 2.24) is 14.9 Å². The highest BCUT2D eigenvalue weighted by Gasteiger charge is 2.29. The monoisotopic (exact) mass is 522 g/mol. The van der Waals surface area contributed by atoms with Crippen molar-refractivity contribution in [2.24, 2.45) is 5.92 Å². The van der Waals surface area contributed by atoms with E-state index in [0.29, 0.717) is 22.1 Å². The van der Waals surface area contributed by atoms with Gasteiger partial charge in [0.25, 0.3) is 0 Å². The third kappa shape index (κ3) is 6.67. The lowest BCUT2D eigenvalue weighted by atomic mass is 9.99. The van der Waals surface area contributed by atoms with E-state index in [4.69, 9.17) is 0 Å². The summed E-state index contributed by atoms with van der Waals surface area (Å²) in [5, 5.41) is 11.9. The normalized spacial score (nSPS) is 13.5. The molecule has 0 saturated carbocycles. The van der Waals surface area contributed by atoms with E-state index in [1.54, 1.807) is 24.3 Å². The molecule has 2 unspecified atom stereocenters. The first-order valence-corrected chi connectivity index (χ1v) is 13.0. The molecule has 0 saturated heterocycles. The van der Waals surface area contributed by atoms with Crippen LogP contribution in [0.3, 0.4) is 0 Å². The van der Waals surface area contributed by atoms with Gasteiger partial charge >= 0.3 is 0 Å². The third-order valence-electron chi connectivity index (χ3n) is 4.75. The minimum absolute atomic E-state index is 0.194. The van der Waals surface area contributed by atoms with Crippen molar-refractivity contribution in [2.75, 3.05) is 5.32 Å². The molecule has 1 aromatic heterocycles. The molecular formula is C21H23BrN4O3S2. The summed E-state index contributed by atoms with van der Waals surface area (Å²) >= 11 is 4.62. The molecule has 2 atom stereocenters. The summed E-state index contributed by atoms with van der Waals surface area (Å²) < 4.78 is 28.9. The molecule has 0 spiro atoms. The van der Waals surface area contributed by atoms with Gasteiger partial charge in [0.15, 0.2) is 0 Å². The molecule has 31 heavy (non-hydrogen) atoms. The number of nitrogens with one attached hydrogen (secondary N) is 2. The Morgan fingerprint density at radius 1 is 1.10 bits per heavy atom. The van der Waals surface area contributed by atoms with E-state index in [1.165, 1.54) is 11.3 Å². The number of anilines is 1.